The molecule has 2 aliphatic heterocycles. The van der Waals surface area contributed by atoms with Crippen molar-refractivity contribution in [2.45, 2.75) is 71.1 Å². The van der Waals surface area contributed by atoms with E-state index in [1.165, 1.54) is 0 Å². The zero-order valence-electron chi connectivity index (χ0n) is 27.2. The number of carbonyl (C=O) groups is 5. The minimum atomic E-state index is -0.978. The molecule has 3 aromatic rings. The van der Waals surface area contributed by atoms with Gasteiger partial charge in [0.05, 0.1) is 0 Å². The Labute approximate surface area is 275 Å². The molecular weight excluding hydrogens is 596 g/mol. The van der Waals surface area contributed by atoms with Gasteiger partial charge in [-0.1, -0.05) is 62.4 Å². The van der Waals surface area contributed by atoms with E-state index >= 15 is 0 Å². The average molecular weight is 641 g/mol. The number of rotatable bonds is 5. The van der Waals surface area contributed by atoms with E-state index in [1.807, 2.05) is 44.2 Å². The molecular formula is C36H44N6O5. The highest BCUT2D eigenvalue weighted by atomic mass is 16.2. The second kappa shape index (κ2) is 17.0. The van der Waals surface area contributed by atoms with Gasteiger partial charge in [0.25, 0.3) is 11.8 Å². The van der Waals surface area contributed by atoms with Crippen molar-refractivity contribution in [2.75, 3.05) is 13.1 Å². The lowest BCUT2D eigenvalue weighted by molar-refractivity contribution is -0.132. The van der Waals surface area contributed by atoms with Crippen molar-refractivity contribution in [1.82, 2.24) is 31.2 Å². The fourth-order valence-electron chi connectivity index (χ4n) is 5.33. The Bertz CT molecular complexity index is 1510. The van der Waals surface area contributed by atoms with Gasteiger partial charge in [-0.25, -0.2) is 0 Å². The molecule has 3 heterocycles. The molecule has 2 bridgehead atoms. The molecule has 0 radical (unpaired) electrons. The number of nitrogens with one attached hydrogen (secondary N) is 4. The first-order chi connectivity index (χ1) is 22.6. The zero-order chi connectivity index (χ0) is 33.8. The molecule has 0 fully saturated rings. The van der Waals surface area contributed by atoms with Gasteiger partial charge in [0, 0.05) is 37.8 Å². The van der Waals surface area contributed by atoms with Gasteiger partial charge in [-0.3, -0.25) is 29.0 Å². The summed E-state index contributed by atoms with van der Waals surface area (Å²) in [6.07, 6.45) is 3.34. The van der Waals surface area contributed by atoms with Crippen LogP contribution in [0.4, 0.5) is 0 Å². The lowest BCUT2D eigenvalue weighted by atomic mass is 10.0. The number of pyridine rings is 1. The quantitative estimate of drug-likeness (QED) is 0.315. The second-order valence-corrected chi connectivity index (χ2v) is 12.3. The molecule has 5 amide bonds. The molecule has 11 heteroatoms. The second-order valence-electron chi connectivity index (χ2n) is 12.3. The van der Waals surface area contributed by atoms with Crippen LogP contribution in [0.3, 0.4) is 0 Å². The van der Waals surface area contributed by atoms with Crippen molar-refractivity contribution in [1.29, 1.82) is 0 Å². The number of hydrogen-bond acceptors (Lipinski definition) is 6. The molecule has 0 saturated heterocycles. The van der Waals surface area contributed by atoms with E-state index in [0.29, 0.717) is 50.2 Å². The highest BCUT2D eigenvalue weighted by Gasteiger charge is 2.29. The van der Waals surface area contributed by atoms with Crippen LogP contribution in [0.25, 0.3) is 0 Å². The predicted molar refractivity (Wildman–Crippen MR) is 178 cm³/mol. The van der Waals surface area contributed by atoms with Gasteiger partial charge < -0.3 is 26.2 Å². The van der Waals surface area contributed by atoms with Crippen LogP contribution in [-0.2, 0) is 27.3 Å². The maximum Gasteiger partial charge on any atom is 0.272 e. The zero-order valence-corrected chi connectivity index (χ0v) is 27.2. The van der Waals surface area contributed by atoms with E-state index in [4.69, 9.17) is 0 Å². The van der Waals surface area contributed by atoms with Crippen LogP contribution in [0.1, 0.15) is 72.0 Å². The molecule has 0 aliphatic carbocycles. The Morgan fingerprint density at radius 3 is 2.21 bits per heavy atom. The summed E-state index contributed by atoms with van der Waals surface area (Å²) in [5.74, 6) is -1.95. The third-order valence-corrected chi connectivity index (χ3v) is 7.91. The van der Waals surface area contributed by atoms with Crippen LogP contribution < -0.4 is 21.3 Å². The SMILES string of the molecule is CC(C)C[C@@H]1NC(=O)[C@@H](Cc2ccccc2)NC(=O)c2ccc(cc2)CN(C(=O)c2ccccn2)CCCCNC(=O)[C@@H](C)NC1=O. The molecule has 11 nitrogen and oxygen atoms in total. The van der Waals surface area contributed by atoms with Gasteiger partial charge in [-0.05, 0) is 67.5 Å². The fourth-order valence-corrected chi connectivity index (χ4v) is 5.33. The maximum atomic E-state index is 13.7. The number of amides is 5. The fraction of sp³-hybridized carbons (Fsp3) is 0.389. The first kappa shape index (κ1) is 34.8. The minimum absolute atomic E-state index is 0.0643. The third-order valence-electron chi connectivity index (χ3n) is 7.91. The van der Waals surface area contributed by atoms with E-state index in [9.17, 15) is 24.0 Å². The van der Waals surface area contributed by atoms with Crippen LogP contribution in [0.5, 0.6) is 0 Å². The van der Waals surface area contributed by atoms with E-state index < -0.39 is 35.8 Å². The molecule has 2 aromatic carbocycles. The van der Waals surface area contributed by atoms with Crippen LogP contribution in [0.15, 0.2) is 79.0 Å². The molecule has 47 heavy (non-hydrogen) atoms. The summed E-state index contributed by atoms with van der Waals surface area (Å²) in [4.78, 5) is 72.7. The Hall–Kier alpha value is -5.06. The lowest BCUT2D eigenvalue weighted by Crippen LogP contribution is -2.57. The molecule has 0 unspecified atom stereocenters. The van der Waals surface area contributed by atoms with Crippen molar-refractivity contribution in [3.05, 3.63) is 101 Å². The number of nitrogens with zero attached hydrogens (tertiary/aromatic N) is 2. The molecule has 0 spiro atoms. The lowest BCUT2D eigenvalue weighted by Gasteiger charge is -2.25. The Morgan fingerprint density at radius 1 is 0.830 bits per heavy atom. The minimum Gasteiger partial charge on any atom is -0.354 e. The van der Waals surface area contributed by atoms with E-state index in [2.05, 4.69) is 26.3 Å². The maximum absolute atomic E-state index is 13.7. The smallest absolute Gasteiger partial charge is 0.272 e. The monoisotopic (exact) mass is 640 g/mol. The predicted octanol–water partition coefficient (Wildman–Crippen LogP) is 3.01. The summed E-state index contributed by atoms with van der Waals surface area (Å²) in [7, 11) is 0. The van der Waals surface area contributed by atoms with Gasteiger partial charge in [0.1, 0.15) is 23.8 Å². The van der Waals surface area contributed by atoms with Gasteiger partial charge in [-0.15, -0.1) is 0 Å². The number of aromatic nitrogens is 1. The van der Waals surface area contributed by atoms with Gasteiger partial charge in [0.15, 0.2) is 0 Å². The number of benzene rings is 2. The van der Waals surface area contributed by atoms with Crippen molar-refractivity contribution in [2.24, 2.45) is 5.92 Å². The summed E-state index contributed by atoms with van der Waals surface area (Å²) >= 11 is 0. The summed E-state index contributed by atoms with van der Waals surface area (Å²) < 4.78 is 0. The standard InChI is InChI=1S/C36H44N6O5/c1-24(2)21-30-34(45)39-25(3)32(43)38-19-9-10-20-42(36(47)29-13-7-8-18-37-29)23-27-14-16-28(17-15-27)33(44)40-31(35(46)41-30)22-26-11-5-4-6-12-26/h4-8,11-18,24-25,30-31H,9-10,19-23H2,1-3H3,(H,38,43)(H,39,45)(H,40,44)(H,41,46)/t25-,30+,31-/m1/s1. The molecule has 5 rings (SSSR count). The Kier molecular flexibility index (Phi) is 12.6. The first-order valence-electron chi connectivity index (χ1n) is 16.1. The Balaban J connectivity index is 1.62. The van der Waals surface area contributed by atoms with E-state index in [-0.39, 0.29) is 24.2 Å². The number of hydrogen-bond donors (Lipinski definition) is 4. The largest absolute Gasteiger partial charge is 0.354 e. The summed E-state index contributed by atoms with van der Waals surface area (Å²) in [6.45, 7) is 6.54. The first-order valence-corrected chi connectivity index (χ1v) is 16.1. The normalized spacial score (nSPS) is 20.4. The van der Waals surface area contributed by atoms with Gasteiger partial charge in [0.2, 0.25) is 17.7 Å². The highest BCUT2D eigenvalue weighted by Crippen LogP contribution is 2.14. The molecule has 2 aliphatic rings. The van der Waals surface area contributed by atoms with E-state index in [0.717, 1.165) is 11.1 Å². The van der Waals surface area contributed by atoms with Crippen molar-refractivity contribution >= 4 is 29.5 Å². The molecule has 4 N–H and O–H groups in total. The molecule has 0 saturated carbocycles. The Morgan fingerprint density at radius 2 is 1.53 bits per heavy atom. The molecule has 248 valence electrons. The van der Waals surface area contributed by atoms with Crippen LogP contribution >= 0.6 is 0 Å². The number of carbonyl (C=O) groups excluding carboxylic acids is 5. The molecule has 3 atom stereocenters. The summed E-state index contributed by atoms with van der Waals surface area (Å²) in [5, 5.41) is 11.3. The van der Waals surface area contributed by atoms with Crippen LogP contribution in [0.2, 0.25) is 0 Å². The average Bonchev–Trinajstić information content (AvgIpc) is 3.07. The van der Waals surface area contributed by atoms with Crippen molar-refractivity contribution < 1.29 is 24.0 Å². The van der Waals surface area contributed by atoms with Crippen molar-refractivity contribution in [3.63, 3.8) is 0 Å². The summed E-state index contributed by atoms with van der Waals surface area (Å²) in [6, 6.07) is 18.6. The van der Waals surface area contributed by atoms with E-state index in [1.54, 1.807) is 60.5 Å². The number of fused-ring (bicyclic) bond motifs is 18. The highest BCUT2D eigenvalue weighted by molar-refractivity contribution is 5.99. The van der Waals surface area contributed by atoms with Crippen LogP contribution in [0, 0.1) is 5.92 Å². The van der Waals surface area contributed by atoms with Gasteiger partial charge in [-0.2, -0.15) is 0 Å². The summed E-state index contributed by atoms with van der Waals surface area (Å²) in [5.41, 5.74) is 2.33. The van der Waals surface area contributed by atoms with Crippen molar-refractivity contribution in [3.8, 4) is 0 Å². The van der Waals surface area contributed by atoms with Gasteiger partial charge >= 0.3 is 0 Å². The molecule has 1 aromatic heterocycles. The van der Waals surface area contributed by atoms with Crippen LogP contribution in [-0.4, -0.2) is 70.6 Å². The topological polar surface area (TPSA) is 150 Å². The third kappa shape index (κ3) is 10.5.